The van der Waals surface area contributed by atoms with Gasteiger partial charge in [-0.3, -0.25) is 0 Å². The van der Waals surface area contributed by atoms with Crippen LogP contribution in [0.15, 0.2) is 28.7 Å². The van der Waals surface area contributed by atoms with Crippen LogP contribution in [0.5, 0.6) is 0 Å². The Bertz CT molecular complexity index is 572. The third-order valence-corrected chi connectivity index (χ3v) is 3.87. The minimum atomic E-state index is -0.0941. The van der Waals surface area contributed by atoms with Gasteiger partial charge in [0, 0.05) is 42.5 Å². The smallest absolute Gasteiger partial charge is 0.134 e. The van der Waals surface area contributed by atoms with Crippen molar-refractivity contribution in [3.05, 3.63) is 35.6 Å². The highest BCUT2D eigenvalue weighted by Crippen LogP contribution is 2.27. The first kappa shape index (κ1) is 16.1. The molecule has 0 saturated carbocycles. The molecule has 0 aliphatic carbocycles. The molecule has 0 fully saturated rings. The third-order valence-electron chi connectivity index (χ3n) is 3.87. The minimum absolute atomic E-state index is 0.0941. The summed E-state index contributed by atoms with van der Waals surface area (Å²) in [7, 11) is 0. The van der Waals surface area contributed by atoms with Gasteiger partial charge in [-0.1, -0.05) is 45.4 Å². The van der Waals surface area contributed by atoms with Crippen LogP contribution < -0.4 is 5.32 Å². The van der Waals surface area contributed by atoms with E-state index >= 15 is 0 Å². The predicted octanol–water partition coefficient (Wildman–Crippen LogP) is 3.88. The number of fused-ring (bicyclic) bond motifs is 1. The number of nitrogens with one attached hydrogen (secondary N) is 1. The van der Waals surface area contributed by atoms with Gasteiger partial charge < -0.3 is 14.8 Å². The lowest BCUT2D eigenvalue weighted by atomic mass is 9.95. The van der Waals surface area contributed by atoms with E-state index in [4.69, 9.17) is 4.42 Å². The number of hydrogen-bond acceptors (Lipinski definition) is 3. The molecule has 3 nitrogen and oxygen atoms in total. The topological polar surface area (TPSA) is 45.4 Å². The second kappa shape index (κ2) is 7.10. The molecule has 0 atom stereocenters. The monoisotopic (exact) mass is 289 g/mol. The SMILES string of the molecule is CCCCc1oc2ccccc2c1CNCC(C)(C)CO. The second-order valence-electron chi connectivity index (χ2n) is 6.53. The minimum Gasteiger partial charge on any atom is -0.461 e. The first-order valence-electron chi connectivity index (χ1n) is 7.88. The summed E-state index contributed by atoms with van der Waals surface area (Å²) >= 11 is 0. The molecule has 3 heteroatoms. The van der Waals surface area contributed by atoms with E-state index in [-0.39, 0.29) is 12.0 Å². The molecule has 0 saturated heterocycles. The molecule has 1 aromatic heterocycles. The standard InChI is InChI=1S/C18H27NO2/c1-4-5-9-17-15(11-19-12-18(2,3)13-20)14-8-6-7-10-16(14)21-17/h6-8,10,19-20H,4-5,9,11-13H2,1-3H3. The van der Waals surface area contributed by atoms with E-state index < -0.39 is 0 Å². The van der Waals surface area contributed by atoms with Crippen molar-refractivity contribution >= 4 is 11.0 Å². The molecule has 0 radical (unpaired) electrons. The Kier molecular flexibility index (Phi) is 5.43. The highest BCUT2D eigenvalue weighted by Gasteiger charge is 2.17. The van der Waals surface area contributed by atoms with Crippen LogP contribution in [0.25, 0.3) is 11.0 Å². The summed E-state index contributed by atoms with van der Waals surface area (Å²) in [4.78, 5) is 0. The van der Waals surface area contributed by atoms with Crippen molar-refractivity contribution < 1.29 is 9.52 Å². The van der Waals surface area contributed by atoms with Gasteiger partial charge in [0.25, 0.3) is 0 Å². The molecule has 0 unspecified atom stereocenters. The zero-order chi connectivity index (χ0) is 15.3. The van der Waals surface area contributed by atoms with Crippen molar-refractivity contribution in [2.45, 2.75) is 46.6 Å². The average Bonchev–Trinajstić information content (AvgIpc) is 2.83. The number of rotatable bonds is 8. The molecule has 21 heavy (non-hydrogen) atoms. The molecular weight excluding hydrogens is 262 g/mol. The Labute approximate surface area is 127 Å². The first-order chi connectivity index (χ1) is 10.1. The van der Waals surface area contributed by atoms with Gasteiger partial charge in [-0.15, -0.1) is 0 Å². The zero-order valence-electron chi connectivity index (χ0n) is 13.4. The maximum Gasteiger partial charge on any atom is 0.134 e. The molecule has 1 aromatic carbocycles. The van der Waals surface area contributed by atoms with Crippen LogP contribution in [0, 0.1) is 5.41 Å². The molecular formula is C18H27NO2. The highest BCUT2D eigenvalue weighted by atomic mass is 16.3. The molecule has 116 valence electrons. The van der Waals surface area contributed by atoms with Crippen LogP contribution in [0.1, 0.15) is 44.9 Å². The first-order valence-corrected chi connectivity index (χ1v) is 7.88. The van der Waals surface area contributed by atoms with E-state index in [1.54, 1.807) is 0 Å². The van der Waals surface area contributed by atoms with Gasteiger partial charge in [-0.2, -0.15) is 0 Å². The molecule has 1 heterocycles. The van der Waals surface area contributed by atoms with E-state index in [9.17, 15) is 5.11 Å². The lowest BCUT2D eigenvalue weighted by Crippen LogP contribution is -2.32. The average molecular weight is 289 g/mol. The van der Waals surface area contributed by atoms with Crippen LogP contribution in [0.3, 0.4) is 0 Å². The molecule has 2 rings (SSSR count). The summed E-state index contributed by atoms with van der Waals surface area (Å²) in [5.74, 6) is 1.10. The van der Waals surface area contributed by atoms with Crippen LogP contribution in [-0.4, -0.2) is 18.3 Å². The highest BCUT2D eigenvalue weighted by molar-refractivity contribution is 5.82. The molecule has 2 N–H and O–H groups in total. The summed E-state index contributed by atoms with van der Waals surface area (Å²) in [5.41, 5.74) is 2.15. The van der Waals surface area contributed by atoms with Crippen molar-refractivity contribution in [2.75, 3.05) is 13.2 Å². The predicted molar refractivity (Wildman–Crippen MR) is 87.4 cm³/mol. The second-order valence-corrected chi connectivity index (χ2v) is 6.53. The number of para-hydroxylation sites is 1. The van der Waals surface area contributed by atoms with Crippen molar-refractivity contribution in [3.63, 3.8) is 0 Å². The molecule has 0 spiro atoms. The van der Waals surface area contributed by atoms with Crippen LogP contribution in [-0.2, 0) is 13.0 Å². The van der Waals surface area contributed by atoms with E-state index in [2.05, 4.69) is 38.2 Å². The lowest BCUT2D eigenvalue weighted by Gasteiger charge is -2.22. The number of aliphatic hydroxyl groups is 1. The van der Waals surface area contributed by atoms with E-state index in [0.717, 1.165) is 37.3 Å². The lowest BCUT2D eigenvalue weighted by molar-refractivity contribution is 0.156. The maximum atomic E-state index is 9.34. The number of aliphatic hydroxyl groups excluding tert-OH is 1. The number of hydrogen-bond donors (Lipinski definition) is 2. The van der Waals surface area contributed by atoms with Crippen molar-refractivity contribution in [1.82, 2.24) is 5.32 Å². The number of furan rings is 1. The quantitative estimate of drug-likeness (QED) is 0.775. The number of benzene rings is 1. The Morgan fingerprint density at radius 2 is 2.00 bits per heavy atom. The normalized spacial score (nSPS) is 12.2. The van der Waals surface area contributed by atoms with Crippen LogP contribution in [0.4, 0.5) is 0 Å². The van der Waals surface area contributed by atoms with Gasteiger partial charge in [0.2, 0.25) is 0 Å². The van der Waals surface area contributed by atoms with E-state index in [1.807, 2.05) is 12.1 Å². The summed E-state index contributed by atoms with van der Waals surface area (Å²) in [5, 5.41) is 14.0. The van der Waals surface area contributed by atoms with Gasteiger partial charge in [-0.25, -0.2) is 0 Å². The maximum absolute atomic E-state index is 9.34. The van der Waals surface area contributed by atoms with Gasteiger partial charge in [0.1, 0.15) is 11.3 Å². The Morgan fingerprint density at radius 3 is 2.71 bits per heavy atom. The van der Waals surface area contributed by atoms with Crippen LogP contribution >= 0.6 is 0 Å². The van der Waals surface area contributed by atoms with Gasteiger partial charge >= 0.3 is 0 Å². The van der Waals surface area contributed by atoms with Gasteiger partial charge in [-0.05, 0) is 12.5 Å². The molecule has 0 bridgehead atoms. The summed E-state index contributed by atoms with van der Waals surface area (Å²) in [6, 6.07) is 8.23. The van der Waals surface area contributed by atoms with Crippen molar-refractivity contribution in [1.29, 1.82) is 0 Å². The molecule has 0 aliphatic heterocycles. The van der Waals surface area contributed by atoms with Crippen molar-refractivity contribution in [3.8, 4) is 0 Å². The van der Waals surface area contributed by atoms with E-state index in [0.29, 0.717) is 0 Å². The van der Waals surface area contributed by atoms with Crippen molar-refractivity contribution in [2.24, 2.45) is 5.41 Å². The Hall–Kier alpha value is -1.32. The van der Waals surface area contributed by atoms with Gasteiger partial charge in [0.05, 0.1) is 0 Å². The summed E-state index contributed by atoms with van der Waals surface area (Å²) < 4.78 is 6.02. The third kappa shape index (κ3) is 4.08. The van der Waals surface area contributed by atoms with Crippen LogP contribution in [0.2, 0.25) is 0 Å². The summed E-state index contributed by atoms with van der Waals surface area (Å²) in [6.45, 7) is 8.09. The summed E-state index contributed by atoms with van der Waals surface area (Å²) in [6.07, 6.45) is 3.31. The fraction of sp³-hybridized carbons (Fsp3) is 0.556. The largest absolute Gasteiger partial charge is 0.461 e. The fourth-order valence-corrected chi connectivity index (χ4v) is 2.46. The number of aryl methyl sites for hydroxylation is 1. The molecule has 0 amide bonds. The Morgan fingerprint density at radius 1 is 1.24 bits per heavy atom. The van der Waals surface area contributed by atoms with Gasteiger partial charge in [0.15, 0.2) is 0 Å². The Balaban J connectivity index is 2.15. The zero-order valence-corrected chi connectivity index (χ0v) is 13.4. The molecule has 2 aromatic rings. The number of unbranched alkanes of at least 4 members (excludes halogenated alkanes) is 1. The molecule has 0 aliphatic rings. The fourth-order valence-electron chi connectivity index (χ4n) is 2.46. The van der Waals surface area contributed by atoms with E-state index in [1.165, 1.54) is 17.4 Å².